The molecule has 0 aliphatic heterocycles. The fourth-order valence-electron chi connectivity index (χ4n) is 2.02. The van der Waals surface area contributed by atoms with Crippen molar-refractivity contribution in [2.75, 3.05) is 5.75 Å². The molecule has 1 unspecified atom stereocenters. The monoisotopic (exact) mass is 356 g/mol. The number of amides is 2. The Kier molecular flexibility index (Phi) is 6.47. The number of carbonyl (C=O) groups excluding carboxylic acids is 2. The summed E-state index contributed by atoms with van der Waals surface area (Å²) in [6.07, 6.45) is 0.270. The lowest BCUT2D eigenvalue weighted by Crippen LogP contribution is -2.41. The van der Waals surface area contributed by atoms with E-state index in [0.717, 1.165) is 0 Å². The number of hydrogen-bond donors (Lipinski definition) is 3. The van der Waals surface area contributed by atoms with Crippen LogP contribution < -0.4 is 11.1 Å². The van der Waals surface area contributed by atoms with Crippen molar-refractivity contribution >= 4 is 27.6 Å². The van der Waals surface area contributed by atoms with Crippen molar-refractivity contribution in [1.29, 1.82) is 0 Å². The van der Waals surface area contributed by atoms with Crippen LogP contribution in [0.4, 0.5) is 0 Å². The molecular weight excluding hydrogens is 336 g/mol. The second-order valence-electron chi connectivity index (χ2n) is 5.74. The van der Waals surface area contributed by atoms with Gasteiger partial charge in [-0.05, 0) is 36.6 Å². The minimum atomic E-state index is -3.85. The second kappa shape index (κ2) is 7.91. The number of nitrogens with two attached hydrogens (primary N) is 1. The van der Waals surface area contributed by atoms with Crippen LogP contribution in [-0.4, -0.2) is 43.1 Å². The number of primary amides is 1. The minimum Gasteiger partial charge on any atom is -0.480 e. The van der Waals surface area contributed by atoms with Crippen LogP contribution in [-0.2, 0) is 19.4 Å². The maximum Gasteiger partial charge on any atom is 0.326 e. The molecule has 0 radical (unpaired) electrons. The molecule has 1 aromatic rings. The highest BCUT2D eigenvalue weighted by Gasteiger charge is 2.22. The van der Waals surface area contributed by atoms with Crippen LogP contribution >= 0.6 is 0 Å². The molecule has 8 nitrogen and oxygen atoms in total. The first-order chi connectivity index (χ1) is 11.0. The van der Waals surface area contributed by atoms with E-state index in [-0.39, 0.29) is 22.8 Å². The van der Waals surface area contributed by atoms with E-state index in [1.165, 1.54) is 24.3 Å². The number of carbonyl (C=O) groups is 3. The van der Waals surface area contributed by atoms with Crippen molar-refractivity contribution in [2.24, 2.45) is 11.7 Å². The Morgan fingerprint density at radius 2 is 1.71 bits per heavy atom. The van der Waals surface area contributed by atoms with E-state index in [1.54, 1.807) is 0 Å². The van der Waals surface area contributed by atoms with Crippen molar-refractivity contribution in [3.05, 3.63) is 29.8 Å². The zero-order chi connectivity index (χ0) is 18.5. The van der Waals surface area contributed by atoms with Gasteiger partial charge in [-0.1, -0.05) is 13.8 Å². The van der Waals surface area contributed by atoms with Crippen molar-refractivity contribution in [3.63, 3.8) is 0 Å². The van der Waals surface area contributed by atoms with Gasteiger partial charge in [-0.25, -0.2) is 13.2 Å². The maximum absolute atomic E-state index is 12.1. The van der Waals surface area contributed by atoms with Crippen molar-refractivity contribution in [2.45, 2.75) is 31.2 Å². The lowest BCUT2D eigenvalue weighted by Gasteiger charge is -2.16. The number of benzene rings is 1. The summed E-state index contributed by atoms with van der Waals surface area (Å²) in [6, 6.07) is 3.81. The van der Waals surface area contributed by atoms with Gasteiger partial charge in [-0.2, -0.15) is 0 Å². The Hall–Kier alpha value is -2.42. The van der Waals surface area contributed by atoms with Gasteiger partial charge in [0.15, 0.2) is 9.84 Å². The molecule has 0 aromatic heterocycles. The molecule has 0 bridgehead atoms. The molecule has 0 saturated heterocycles. The molecule has 0 aliphatic carbocycles. The fraction of sp³-hybridized carbons (Fsp3) is 0.400. The molecule has 0 aliphatic rings. The predicted octanol–water partition coefficient (Wildman–Crippen LogP) is 0.175. The van der Waals surface area contributed by atoms with Gasteiger partial charge in [0, 0.05) is 5.56 Å². The van der Waals surface area contributed by atoms with Crippen LogP contribution in [0.2, 0.25) is 0 Å². The van der Waals surface area contributed by atoms with Gasteiger partial charge in [-0.3, -0.25) is 9.59 Å². The number of hydrogen-bond acceptors (Lipinski definition) is 5. The van der Waals surface area contributed by atoms with Crippen molar-refractivity contribution in [1.82, 2.24) is 5.32 Å². The first-order valence-electron chi connectivity index (χ1n) is 7.17. The average molecular weight is 356 g/mol. The highest BCUT2D eigenvalue weighted by atomic mass is 32.2. The van der Waals surface area contributed by atoms with Crippen LogP contribution in [0.1, 0.15) is 30.6 Å². The lowest BCUT2D eigenvalue weighted by atomic mass is 10.0. The molecule has 24 heavy (non-hydrogen) atoms. The third-order valence-corrected chi connectivity index (χ3v) is 4.77. The van der Waals surface area contributed by atoms with E-state index < -0.39 is 39.4 Å². The van der Waals surface area contributed by atoms with E-state index in [9.17, 15) is 22.8 Å². The minimum absolute atomic E-state index is 0.0766. The van der Waals surface area contributed by atoms with E-state index in [0.29, 0.717) is 0 Å². The zero-order valence-corrected chi connectivity index (χ0v) is 14.2. The number of carboxylic acid groups (broad SMARTS) is 1. The predicted molar refractivity (Wildman–Crippen MR) is 86.0 cm³/mol. The smallest absolute Gasteiger partial charge is 0.326 e. The first kappa shape index (κ1) is 19.6. The van der Waals surface area contributed by atoms with Crippen LogP contribution in [0.15, 0.2) is 29.2 Å². The number of sulfone groups is 1. The summed E-state index contributed by atoms with van der Waals surface area (Å²) in [6.45, 7) is 3.67. The van der Waals surface area contributed by atoms with Gasteiger partial charge in [0.2, 0.25) is 5.91 Å². The van der Waals surface area contributed by atoms with Crippen LogP contribution in [0.5, 0.6) is 0 Å². The standard InChI is InChI=1S/C15H20N2O6S/c1-9(2)7-12(15(20)21)17-14(19)10-3-5-11(6-4-10)24(22,23)8-13(16)18/h3-6,9,12H,7-8H2,1-2H3,(H2,16,18)(H,17,19)(H,20,21). The van der Waals surface area contributed by atoms with Crippen LogP contribution in [0.3, 0.4) is 0 Å². The largest absolute Gasteiger partial charge is 0.480 e. The molecule has 0 heterocycles. The summed E-state index contributed by atoms with van der Waals surface area (Å²) in [4.78, 5) is 33.9. The number of carboxylic acids is 1. The molecule has 2 amide bonds. The lowest BCUT2D eigenvalue weighted by molar-refractivity contribution is -0.139. The van der Waals surface area contributed by atoms with Crippen LogP contribution in [0.25, 0.3) is 0 Å². The Morgan fingerprint density at radius 3 is 2.12 bits per heavy atom. The molecule has 0 saturated carbocycles. The quantitative estimate of drug-likeness (QED) is 0.606. The van der Waals surface area contributed by atoms with Gasteiger partial charge in [0.25, 0.3) is 5.91 Å². The fourth-order valence-corrected chi connectivity index (χ4v) is 3.11. The molecular formula is C15H20N2O6S. The Balaban J connectivity index is 2.90. The molecule has 9 heteroatoms. The Bertz CT molecular complexity index is 725. The van der Waals surface area contributed by atoms with Gasteiger partial charge in [0.05, 0.1) is 4.90 Å². The maximum atomic E-state index is 12.1. The molecule has 4 N–H and O–H groups in total. The van der Waals surface area contributed by atoms with E-state index in [4.69, 9.17) is 10.8 Å². The SMILES string of the molecule is CC(C)CC(NC(=O)c1ccc(S(=O)(=O)CC(N)=O)cc1)C(=O)O. The average Bonchev–Trinajstić information content (AvgIpc) is 2.44. The van der Waals surface area contributed by atoms with E-state index >= 15 is 0 Å². The van der Waals surface area contributed by atoms with Crippen LogP contribution in [0, 0.1) is 5.92 Å². The van der Waals surface area contributed by atoms with Crippen molar-refractivity contribution < 1.29 is 27.9 Å². The summed E-state index contributed by atoms with van der Waals surface area (Å²) in [5.41, 5.74) is 4.99. The van der Waals surface area contributed by atoms with Crippen molar-refractivity contribution in [3.8, 4) is 0 Å². The number of nitrogens with one attached hydrogen (secondary N) is 1. The normalized spacial score (nSPS) is 12.6. The topological polar surface area (TPSA) is 144 Å². The number of aliphatic carboxylic acids is 1. The van der Waals surface area contributed by atoms with E-state index in [2.05, 4.69) is 5.32 Å². The van der Waals surface area contributed by atoms with Gasteiger partial charge >= 0.3 is 5.97 Å². The molecule has 0 fully saturated rings. The highest BCUT2D eigenvalue weighted by Crippen LogP contribution is 2.13. The Morgan fingerprint density at radius 1 is 1.17 bits per heavy atom. The summed E-state index contributed by atoms with van der Waals surface area (Å²) < 4.78 is 23.7. The number of rotatable bonds is 8. The molecule has 1 aromatic carbocycles. The van der Waals surface area contributed by atoms with Gasteiger partial charge in [-0.15, -0.1) is 0 Å². The molecule has 1 atom stereocenters. The molecule has 132 valence electrons. The third-order valence-electron chi connectivity index (χ3n) is 3.12. The van der Waals surface area contributed by atoms with Gasteiger partial charge < -0.3 is 16.2 Å². The summed E-state index contributed by atoms with van der Waals surface area (Å²) >= 11 is 0. The Labute approximate surface area is 140 Å². The summed E-state index contributed by atoms with van der Waals surface area (Å²) in [5.74, 6) is -3.49. The zero-order valence-electron chi connectivity index (χ0n) is 13.4. The summed E-state index contributed by atoms with van der Waals surface area (Å²) in [5, 5.41) is 11.5. The summed E-state index contributed by atoms with van der Waals surface area (Å²) in [7, 11) is -3.85. The third kappa shape index (κ3) is 5.65. The second-order valence-corrected chi connectivity index (χ2v) is 7.73. The highest BCUT2D eigenvalue weighted by molar-refractivity contribution is 7.92. The molecule has 1 rings (SSSR count). The van der Waals surface area contributed by atoms with E-state index in [1.807, 2.05) is 13.8 Å². The van der Waals surface area contributed by atoms with Gasteiger partial charge in [0.1, 0.15) is 11.8 Å². The molecule has 0 spiro atoms. The first-order valence-corrected chi connectivity index (χ1v) is 8.83.